The molecule has 5 rings (SSSR count). The quantitative estimate of drug-likeness (QED) is 0.315. The van der Waals surface area contributed by atoms with E-state index >= 15 is 0 Å². The summed E-state index contributed by atoms with van der Waals surface area (Å²) in [5.74, 6) is -2.77. The van der Waals surface area contributed by atoms with Crippen LogP contribution in [-0.4, -0.2) is 81.7 Å². The Morgan fingerprint density at radius 3 is 2.56 bits per heavy atom. The number of aromatic nitrogens is 1. The van der Waals surface area contributed by atoms with Crippen molar-refractivity contribution in [2.24, 2.45) is 11.0 Å². The number of hydrogen-bond acceptors (Lipinski definition) is 7. The third-order valence-corrected chi connectivity index (χ3v) is 6.69. The van der Waals surface area contributed by atoms with Crippen LogP contribution in [0.5, 0.6) is 0 Å². The van der Waals surface area contributed by atoms with Crippen LogP contribution in [0.1, 0.15) is 11.1 Å². The molecule has 9 nitrogen and oxygen atoms in total. The maximum atomic E-state index is 13.5. The number of morpholine rings is 1. The van der Waals surface area contributed by atoms with Crippen LogP contribution >= 0.6 is 12.2 Å². The number of rotatable bonds is 6. The summed E-state index contributed by atoms with van der Waals surface area (Å²) in [4.78, 5) is 46.5. The van der Waals surface area contributed by atoms with Gasteiger partial charge in [-0.05, 0) is 29.4 Å². The first kappa shape index (κ1) is 24.0. The van der Waals surface area contributed by atoms with Crippen molar-refractivity contribution in [2.75, 3.05) is 32.8 Å². The monoisotopic (exact) mass is 503 g/mol. The van der Waals surface area contributed by atoms with E-state index < -0.39 is 23.6 Å². The Morgan fingerprint density at radius 1 is 1.06 bits per heavy atom. The van der Waals surface area contributed by atoms with Gasteiger partial charge in [0.1, 0.15) is 5.92 Å². The molecule has 3 aromatic rings. The van der Waals surface area contributed by atoms with Gasteiger partial charge < -0.3 is 9.72 Å². The molecule has 2 fully saturated rings. The molecule has 36 heavy (non-hydrogen) atoms. The highest BCUT2D eigenvalue weighted by Crippen LogP contribution is 2.24. The first-order chi connectivity index (χ1) is 17.5. The van der Waals surface area contributed by atoms with Crippen molar-refractivity contribution in [3.63, 3.8) is 0 Å². The van der Waals surface area contributed by atoms with Crippen LogP contribution in [0.3, 0.4) is 0 Å². The second-order valence-corrected chi connectivity index (χ2v) is 9.02. The molecule has 0 radical (unpaired) electrons. The molecule has 3 amide bonds. The van der Waals surface area contributed by atoms with Gasteiger partial charge in [0.15, 0.2) is 0 Å². The largest absolute Gasteiger partial charge is 0.379 e. The Morgan fingerprint density at radius 2 is 1.78 bits per heavy atom. The van der Waals surface area contributed by atoms with Crippen LogP contribution in [0.4, 0.5) is 0 Å². The number of amides is 3. The summed E-state index contributed by atoms with van der Waals surface area (Å²) < 4.78 is 5.39. The maximum absolute atomic E-state index is 13.5. The van der Waals surface area contributed by atoms with Crippen molar-refractivity contribution in [3.05, 3.63) is 71.9 Å². The molecule has 1 aromatic heterocycles. The van der Waals surface area contributed by atoms with E-state index in [1.165, 1.54) is 6.21 Å². The minimum absolute atomic E-state index is 0.0510. The van der Waals surface area contributed by atoms with E-state index in [4.69, 9.17) is 17.0 Å². The molecule has 1 atom stereocenters. The zero-order valence-corrected chi connectivity index (χ0v) is 20.3. The van der Waals surface area contributed by atoms with Gasteiger partial charge in [0.05, 0.1) is 25.8 Å². The Hall–Kier alpha value is -3.73. The van der Waals surface area contributed by atoms with Gasteiger partial charge in [-0.25, -0.2) is 4.90 Å². The van der Waals surface area contributed by atoms with Crippen molar-refractivity contribution >= 4 is 52.2 Å². The van der Waals surface area contributed by atoms with E-state index in [0.717, 1.165) is 31.9 Å². The lowest BCUT2D eigenvalue weighted by molar-refractivity contribution is -0.152. The SMILES string of the molecule is O=C1C(CN2CCOCC2)C(=O)N(C(=O)Cc2c[nH]c3ccccc23)C(=S)N1/N=C/c1ccccc1. The van der Waals surface area contributed by atoms with Crippen molar-refractivity contribution in [1.29, 1.82) is 0 Å². The fraction of sp³-hybridized carbons (Fsp3) is 0.269. The lowest BCUT2D eigenvalue weighted by atomic mass is 10.0. The van der Waals surface area contributed by atoms with E-state index in [9.17, 15) is 14.4 Å². The number of imide groups is 1. The summed E-state index contributed by atoms with van der Waals surface area (Å²) in [5, 5.41) is 5.95. The number of thiocarbonyl (C=S) groups is 1. The fourth-order valence-corrected chi connectivity index (χ4v) is 4.74. The Bertz CT molecular complexity index is 1330. The molecular weight excluding hydrogens is 478 g/mol. The zero-order valence-electron chi connectivity index (χ0n) is 19.5. The minimum atomic E-state index is -1.10. The van der Waals surface area contributed by atoms with Crippen molar-refractivity contribution < 1.29 is 19.1 Å². The number of aromatic amines is 1. The summed E-state index contributed by atoms with van der Waals surface area (Å²) in [6.07, 6.45) is 3.19. The third kappa shape index (κ3) is 4.83. The van der Waals surface area contributed by atoms with Crippen molar-refractivity contribution in [3.8, 4) is 0 Å². The Labute approximate surface area is 213 Å². The summed E-state index contributed by atoms with van der Waals surface area (Å²) in [7, 11) is 0. The summed E-state index contributed by atoms with van der Waals surface area (Å²) in [6.45, 7) is 2.40. The van der Waals surface area contributed by atoms with E-state index in [1.54, 1.807) is 6.20 Å². The van der Waals surface area contributed by atoms with Gasteiger partial charge in [-0.2, -0.15) is 10.1 Å². The predicted octanol–water partition coefficient (Wildman–Crippen LogP) is 2.18. The lowest BCUT2D eigenvalue weighted by Gasteiger charge is -2.38. The number of benzene rings is 2. The number of ether oxygens (including phenoxy) is 1. The highest BCUT2D eigenvalue weighted by atomic mass is 32.1. The smallest absolute Gasteiger partial charge is 0.263 e. The second kappa shape index (κ2) is 10.5. The van der Waals surface area contributed by atoms with Crippen LogP contribution < -0.4 is 0 Å². The maximum Gasteiger partial charge on any atom is 0.263 e. The van der Waals surface area contributed by atoms with Crippen LogP contribution in [0.2, 0.25) is 0 Å². The van der Waals surface area contributed by atoms with Gasteiger partial charge in [0.2, 0.25) is 16.9 Å². The van der Waals surface area contributed by atoms with E-state index in [2.05, 4.69) is 10.1 Å². The van der Waals surface area contributed by atoms with E-state index in [-0.39, 0.29) is 18.1 Å². The van der Waals surface area contributed by atoms with Gasteiger partial charge >= 0.3 is 0 Å². The lowest BCUT2D eigenvalue weighted by Crippen LogP contribution is -2.62. The van der Waals surface area contributed by atoms with Crippen LogP contribution in [0.15, 0.2) is 65.9 Å². The average molecular weight is 504 g/mol. The van der Waals surface area contributed by atoms with Crippen LogP contribution in [0, 0.1) is 5.92 Å². The zero-order chi connectivity index (χ0) is 25.1. The summed E-state index contributed by atoms with van der Waals surface area (Å²) in [6, 6.07) is 16.8. The molecule has 1 N–H and O–H groups in total. The normalized spacial score (nSPS) is 19.6. The number of nitrogens with zero attached hydrogens (tertiary/aromatic N) is 4. The minimum Gasteiger partial charge on any atom is -0.379 e. The molecule has 0 bridgehead atoms. The number of hydrazone groups is 1. The molecule has 184 valence electrons. The van der Waals surface area contributed by atoms with E-state index in [0.29, 0.717) is 26.3 Å². The highest BCUT2D eigenvalue weighted by Gasteiger charge is 2.47. The first-order valence-electron chi connectivity index (χ1n) is 11.7. The highest BCUT2D eigenvalue weighted by molar-refractivity contribution is 7.80. The number of carbonyl (C=O) groups is 3. The predicted molar refractivity (Wildman–Crippen MR) is 138 cm³/mol. The molecule has 2 aromatic carbocycles. The van der Waals surface area contributed by atoms with Gasteiger partial charge in [-0.3, -0.25) is 19.3 Å². The van der Waals surface area contributed by atoms with Gasteiger partial charge in [0, 0.05) is 36.7 Å². The molecule has 0 spiro atoms. The standard InChI is InChI=1S/C26H25N5O4S/c32-23(14-19-16-27-22-9-5-4-8-20(19)22)30-24(33)21(17-29-10-12-35-13-11-29)25(34)31(26(30)36)28-15-18-6-2-1-3-7-18/h1-9,15-16,21,27H,10-14,17H2/b28-15+. The van der Waals surface area contributed by atoms with Crippen LogP contribution in [-0.2, 0) is 25.5 Å². The molecule has 10 heteroatoms. The number of carbonyl (C=O) groups excluding carboxylic acids is 3. The number of para-hydroxylation sites is 1. The fourth-order valence-electron chi connectivity index (χ4n) is 4.41. The van der Waals surface area contributed by atoms with Crippen LogP contribution in [0.25, 0.3) is 10.9 Å². The summed E-state index contributed by atoms with van der Waals surface area (Å²) in [5.41, 5.74) is 2.39. The molecular formula is C26H25N5O4S. The molecule has 2 saturated heterocycles. The average Bonchev–Trinajstić information content (AvgIpc) is 3.30. The van der Waals surface area contributed by atoms with Crippen molar-refractivity contribution in [2.45, 2.75) is 6.42 Å². The van der Waals surface area contributed by atoms with Gasteiger partial charge in [-0.1, -0.05) is 48.5 Å². The number of nitrogens with one attached hydrogen (secondary N) is 1. The molecule has 0 aliphatic carbocycles. The van der Waals surface area contributed by atoms with Gasteiger partial charge in [-0.15, -0.1) is 0 Å². The molecule has 2 aliphatic heterocycles. The molecule has 0 saturated carbocycles. The second-order valence-electron chi connectivity index (χ2n) is 8.66. The topological polar surface area (TPSA) is 98.3 Å². The van der Waals surface area contributed by atoms with Crippen molar-refractivity contribution in [1.82, 2.24) is 19.8 Å². The first-order valence-corrected chi connectivity index (χ1v) is 12.1. The number of fused-ring (bicyclic) bond motifs is 1. The Balaban J connectivity index is 1.44. The van der Waals surface area contributed by atoms with E-state index in [1.807, 2.05) is 59.5 Å². The number of H-pyrrole nitrogens is 1. The summed E-state index contributed by atoms with van der Waals surface area (Å²) >= 11 is 5.48. The Kier molecular flexibility index (Phi) is 6.99. The molecule has 2 aliphatic rings. The molecule has 3 heterocycles. The molecule has 1 unspecified atom stereocenters. The van der Waals surface area contributed by atoms with Gasteiger partial charge in [0.25, 0.3) is 5.91 Å². The number of hydrogen-bond donors (Lipinski definition) is 1. The third-order valence-electron chi connectivity index (χ3n) is 6.33.